The zero-order valence-corrected chi connectivity index (χ0v) is 10.0. The van der Waals surface area contributed by atoms with Crippen LogP contribution in [0.5, 0.6) is 0 Å². The van der Waals surface area contributed by atoms with E-state index in [-0.39, 0.29) is 11.9 Å². The molecule has 0 aliphatic rings. The minimum Gasteiger partial charge on any atom is -0.371 e. The fraction of sp³-hybridized carbons (Fsp3) is 0.917. The molecule has 0 heterocycles. The highest BCUT2D eigenvalue weighted by molar-refractivity contribution is 5.83. The Kier molecular flexibility index (Phi) is 7.77. The minimum atomic E-state index is -0.154. The number of hydrogen-bond donors (Lipinski definition) is 0. The Labute approximate surface area is 88.0 Å². The molecule has 0 spiro atoms. The van der Waals surface area contributed by atoms with E-state index in [2.05, 4.69) is 20.8 Å². The highest BCUT2D eigenvalue weighted by atomic mass is 16.5. The first kappa shape index (κ1) is 13.6. The molecule has 0 fully saturated rings. The summed E-state index contributed by atoms with van der Waals surface area (Å²) >= 11 is 0. The second kappa shape index (κ2) is 7.98. The van der Waals surface area contributed by atoms with Gasteiger partial charge in [0, 0.05) is 13.0 Å². The van der Waals surface area contributed by atoms with E-state index in [1.165, 1.54) is 0 Å². The van der Waals surface area contributed by atoms with Gasteiger partial charge >= 0.3 is 0 Å². The number of hydrogen-bond acceptors (Lipinski definition) is 2. The molecule has 14 heavy (non-hydrogen) atoms. The number of rotatable bonds is 8. The predicted molar refractivity (Wildman–Crippen MR) is 59.4 cm³/mol. The van der Waals surface area contributed by atoms with Gasteiger partial charge in [0.2, 0.25) is 0 Å². The van der Waals surface area contributed by atoms with Gasteiger partial charge < -0.3 is 4.74 Å². The molecule has 2 heteroatoms. The third-order valence-electron chi connectivity index (χ3n) is 2.52. The molecule has 0 aromatic carbocycles. The second-order valence-electron chi connectivity index (χ2n) is 3.92. The number of Topliss-reactive ketones (excluding diaryl/α,β-unsaturated/α-hetero) is 1. The van der Waals surface area contributed by atoms with Gasteiger partial charge in [0.15, 0.2) is 5.78 Å². The van der Waals surface area contributed by atoms with E-state index in [0.29, 0.717) is 18.9 Å². The van der Waals surface area contributed by atoms with E-state index in [1.807, 2.05) is 6.92 Å². The van der Waals surface area contributed by atoms with Gasteiger partial charge in [-0.05, 0) is 19.3 Å². The van der Waals surface area contributed by atoms with Crippen molar-refractivity contribution < 1.29 is 9.53 Å². The SMILES string of the molecule is CCCC(OCC)C(=O)CC(C)CC. The smallest absolute Gasteiger partial charge is 0.161 e. The van der Waals surface area contributed by atoms with Gasteiger partial charge in [-0.25, -0.2) is 0 Å². The highest BCUT2D eigenvalue weighted by Gasteiger charge is 2.18. The topological polar surface area (TPSA) is 26.3 Å². The monoisotopic (exact) mass is 200 g/mol. The summed E-state index contributed by atoms with van der Waals surface area (Å²) in [5.41, 5.74) is 0. The van der Waals surface area contributed by atoms with Crippen molar-refractivity contribution in [2.45, 2.75) is 59.5 Å². The van der Waals surface area contributed by atoms with Gasteiger partial charge in [0.25, 0.3) is 0 Å². The zero-order chi connectivity index (χ0) is 11.0. The lowest BCUT2D eigenvalue weighted by Gasteiger charge is -2.16. The predicted octanol–water partition coefficient (Wildman–Crippen LogP) is 3.20. The van der Waals surface area contributed by atoms with E-state index in [0.717, 1.165) is 19.3 Å². The summed E-state index contributed by atoms with van der Waals surface area (Å²) < 4.78 is 5.44. The molecule has 0 aromatic rings. The molecule has 0 saturated carbocycles. The first-order valence-electron chi connectivity index (χ1n) is 5.79. The molecule has 0 saturated heterocycles. The van der Waals surface area contributed by atoms with Crippen LogP contribution < -0.4 is 0 Å². The Morgan fingerprint density at radius 1 is 1.29 bits per heavy atom. The summed E-state index contributed by atoms with van der Waals surface area (Å²) in [5.74, 6) is 0.769. The maximum atomic E-state index is 11.8. The van der Waals surface area contributed by atoms with E-state index in [4.69, 9.17) is 4.74 Å². The lowest BCUT2D eigenvalue weighted by Crippen LogP contribution is -2.25. The van der Waals surface area contributed by atoms with Gasteiger partial charge in [-0.1, -0.05) is 33.6 Å². The van der Waals surface area contributed by atoms with Crippen LogP contribution in [0.2, 0.25) is 0 Å². The van der Waals surface area contributed by atoms with E-state index in [9.17, 15) is 4.79 Å². The van der Waals surface area contributed by atoms with Gasteiger partial charge in [-0.15, -0.1) is 0 Å². The molecule has 0 aromatic heterocycles. The van der Waals surface area contributed by atoms with Crippen molar-refractivity contribution in [3.05, 3.63) is 0 Å². The summed E-state index contributed by atoms with van der Waals surface area (Å²) in [6.07, 6.45) is 3.46. The van der Waals surface area contributed by atoms with Crippen LogP contribution in [0.4, 0.5) is 0 Å². The Balaban J connectivity index is 4.00. The lowest BCUT2D eigenvalue weighted by atomic mass is 9.97. The molecule has 0 aliphatic carbocycles. The average molecular weight is 200 g/mol. The van der Waals surface area contributed by atoms with Crippen LogP contribution in [0.25, 0.3) is 0 Å². The van der Waals surface area contributed by atoms with Crippen molar-refractivity contribution in [1.29, 1.82) is 0 Å². The first-order chi connectivity index (χ1) is 6.65. The average Bonchev–Trinajstić information content (AvgIpc) is 2.17. The van der Waals surface area contributed by atoms with Crippen molar-refractivity contribution in [3.63, 3.8) is 0 Å². The van der Waals surface area contributed by atoms with Crippen molar-refractivity contribution >= 4 is 5.78 Å². The maximum Gasteiger partial charge on any atom is 0.161 e. The summed E-state index contributed by atoms with van der Waals surface area (Å²) in [4.78, 5) is 11.8. The Morgan fingerprint density at radius 2 is 1.93 bits per heavy atom. The van der Waals surface area contributed by atoms with Crippen LogP contribution in [0, 0.1) is 5.92 Å². The van der Waals surface area contributed by atoms with E-state index >= 15 is 0 Å². The quantitative estimate of drug-likeness (QED) is 0.601. The highest BCUT2D eigenvalue weighted by Crippen LogP contribution is 2.13. The molecule has 84 valence electrons. The zero-order valence-electron chi connectivity index (χ0n) is 10.0. The molecule has 0 amide bonds. The molecule has 2 nitrogen and oxygen atoms in total. The lowest BCUT2D eigenvalue weighted by molar-refractivity contribution is -0.131. The van der Waals surface area contributed by atoms with E-state index in [1.54, 1.807) is 0 Å². The molecule has 0 bridgehead atoms. The third-order valence-corrected chi connectivity index (χ3v) is 2.52. The van der Waals surface area contributed by atoms with Crippen molar-refractivity contribution in [2.24, 2.45) is 5.92 Å². The molecule has 0 aliphatic heterocycles. The molecule has 2 unspecified atom stereocenters. The normalized spacial score (nSPS) is 15.1. The summed E-state index contributed by atoms with van der Waals surface area (Å²) in [5, 5.41) is 0. The Bertz CT molecular complexity index is 148. The van der Waals surface area contributed by atoms with Crippen molar-refractivity contribution in [3.8, 4) is 0 Å². The van der Waals surface area contributed by atoms with Crippen LogP contribution in [-0.2, 0) is 9.53 Å². The summed E-state index contributed by atoms with van der Waals surface area (Å²) in [7, 11) is 0. The number of ether oxygens (including phenoxy) is 1. The van der Waals surface area contributed by atoms with Gasteiger partial charge in [0.1, 0.15) is 6.10 Å². The maximum absolute atomic E-state index is 11.8. The third kappa shape index (κ3) is 5.38. The fourth-order valence-electron chi connectivity index (χ4n) is 1.42. The summed E-state index contributed by atoms with van der Waals surface area (Å²) in [6.45, 7) is 8.90. The van der Waals surface area contributed by atoms with Crippen molar-refractivity contribution in [2.75, 3.05) is 6.61 Å². The first-order valence-corrected chi connectivity index (χ1v) is 5.79. The van der Waals surface area contributed by atoms with Crippen LogP contribution >= 0.6 is 0 Å². The molecular weight excluding hydrogens is 176 g/mol. The molecular formula is C12H24O2. The van der Waals surface area contributed by atoms with E-state index < -0.39 is 0 Å². The van der Waals surface area contributed by atoms with Crippen LogP contribution in [0.3, 0.4) is 0 Å². The van der Waals surface area contributed by atoms with Gasteiger partial charge in [-0.3, -0.25) is 4.79 Å². The minimum absolute atomic E-state index is 0.154. The Hall–Kier alpha value is -0.370. The molecule has 0 radical (unpaired) electrons. The standard InChI is InChI=1S/C12H24O2/c1-5-8-12(14-7-3)11(13)9-10(4)6-2/h10,12H,5-9H2,1-4H3. The number of carbonyl (C=O) groups excluding carboxylic acids is 1. The fourth-order valence-corrected chi connectivity index (χ4v) is 1.42. The largest absolute Gasteiger partial charge is 0.371 e. The van der Waals surface area contributed by atoms with Gasteiger partial charge in [0.05, 0.1) is 0 Å². The molecule has 0 rings (SSSR count). The van der Waals surface area contributed by atoms with Crippen LogP contribution in [-0.4, -0.2) is 18.5 Å². The summed E-state index contributed by atoms with van der Waals surface area (Å²) in [6, 6.07) is 0. The van der Waals surface area contributed by atoms with Crippen LogP contribution in [0.1, 0.15) is 53.4 Å². The second-order valence-corrected chi connectivity index (χ2v) is 3.92. The van der Waals surface area contributed by atoms with Crippen molar-refractivity contribution in [1.82, 2.24) is 0 Å². The molecule has 0 N–H and O–H groups in total. The molecule has 2 atom stereocenters. The van der Waals surface area contributed by atoms with Crippen LogP contribution in [0.15, 0.2) is 0 Å². The number of ketones is 1. The number of carbonyl (C=O) groups is 1. The Morgan fingerprint density at radius 3 is 2.36 bits per heavy atom. The van der Waals surface area contributed by atoms with Gasteiger partial charge in [-0.2, -0.15) is 0 Å².